The van der Waals surface area contributed by atoms with Gasteiger partial charge in [0.05, 0.1) is 11.0 Å². The van der Waals surface area contributed by atoms with Crippen LogP contribution < -0.4 is 0 Å². The molecular formula is C17H24O3S. The van der Waals surface area contributed by atoms with Gasteiger partial charge in [-0.3, -0.25) is 4.18 Å². The van der Waals surface area contributed by atoms with Crippen molar-refractivity contribution in [3.05, 3.63) is 29.8 Å². The molecule has 3 nitrogen and oxygen atoms in total. The molecule has 0 aromatic heterocycles. The van der Waals surface area contributed by atoms with Crippen LogP contribution >= 0.6 is 0 Å². The van der Waals surface area contributed by atoms with Crippen LogP contribution in [0.3, 0.4) is 0 Å². The molecule has 1 aromatic rings. The van der Waals surface area contributed by atoms with Gasteiger partial charge in [-0.25, -0.2) is 0 Å². The second kappa shape index (κ2) is 4.82. The minimum absolute atomic E-state index is 0.181. The topological polar surface area (TPSA) is 43.4 Å². The summed E-state index contributed by atoms with van der Waals surface area (Å²) in [4.78, 5) is 0.262. The van der Waals surface area contributed by atoms with Crippen LogP contribution in [0.15, 0.2) is 29.2 Å². The summed E-state index contributed by atoms with van der Waals surface area (Å²) in [5.41, 5.74) is 1.41. The molecule has 0 N–H and O–H groups in total. The summed E-state index contributed by atoms with van der Waals surface area (Å²) in [6, 6.07) is 6.87. The van der Waals surface area contributed by atoms with E-state index in [0.717, 1.165) is 24.3 Å². The lowest BCUT2D eigenvalue weighted by atomic mass is 9.88. The number of rotatable bonds is 3. The summed E-state index contributed by atoms with van der Waals surface area (Å²) < 4.78 is 30.4. The third kappa shape index (κ3) is 2.64. The van der Waals surface area contributed by atoms with E-state index in [0.29, 0.717) is 17.3 Å². The third-order valence-electron chi connectivity index (χ3n) is 5.59. The zero-order valence-electron chi connectivity index (χ0n) is 13.2. The van der Waals surface area contributed by atoms with Crippen LogP contribution in [0.5, 0.6) is 0 Å². The van der Waals surface area contributed by atoms with E-state index < -0.39 is 10.1 Å². The monoisotopic (exact) mass is 308 g/mol. The number of hydrogen-bond donors (Lipinski definition) is 0. The van der Waals surface area contributed by atoms with E-state index >= 15 is 0 Å². The van der Waals surface area contributed by atoms with Gasteiger partial charge in [-0.05, 0) is 55.1 Å². The maximum atomic E-state index is 12.4. The molecule has 116 valence electrons. The first-order chi connectivity index (χ1) is 9.72. The molecule has 0 bridgehead atoms. The molecule has 0 unspecified atom stereocenters. The second-order valence-electron chi connectivity index (χ2n) is 7.38. The first-order valence-corrected chi connectivity index (χ1v) is 9.12. The molecule has 0 saturated heterocycles. The highest BCUT2D eigenvalue weighted by Crippen LogP contribution is 2.66. The lowest BCUT2D eigenvalue weighted by Gasteiger charge is -2.27. The van der Waals surface area contributed by atoms with Crippen molar-refractivity contribution in [1.29, 1.82) is 0 Å². The van der Waals surface area contributed by atoms with Gasteiger partial charge < -0.3 is 0 Å². The third-order valence-corrected chi connectivity index (χ3v) is 6.94. The van der Waals surface area contributed by atoms with Gasteiger partial charge in [0.1, 0.15) is 0 Å². The number of fused-ring (bicyclic) bond motifs is 1. The molecule has 2 aliphatic carbocycles. The molecule has 0 radical (unpaired) electrons. The fraction of sp³-hybridized carbons (Fsp3) is 0.647. The first-order valence-electron chi connectivity index (χ1n) is 7.72. The molecule has 21 heavy (non-hydrogen) atoms. The fourth-order valence-corrected chi connectivity index (χ4v) is 5.06. The minimum atomic E-state index is -3.65. The Balaban J connectivity index is 1.75. The predicted octanol–water partition coefficient (Wildman–Crippen LogP) is 3.77. The molecule has 1 aromatic carbocycles. The lowest BCUT2D eigenvalue weighted by molar-refractivity contribution is 0.104. The molecule has 2 aliphatic rings. The van der Waals surface area contributed by atoms with Gasteiger partial charge in [-0.1, -0.05) is 38.5 Å². The minimum Gasteiger partial charge on any atom is -0.263 e. The number of hydrogen-bond acceptors (Lipinski definition) is 3. The van der Waals surface area contributed by atoms with Gasteiger partial charge in [0, 0.05) is 0 Å². The summed E-state index contributed by atoms with van der Waals surface area (Å²) in [7, 11) is -3.65. The van der Waals surface area contributed by atoms with Crippen molar-refractivity contribution >= 4 is 10.1 Å². The van der Waals surface area contributed by atoms with E-state index in [1.807, 2.05) is 6.92 Å². The van der Waals surface area contributed by atoms with Crippen molar-refractivity contribution in [3.63, 3.8) is 0 Å². The average Bonchev–Trinajstić information content (AvgIpc) is 2.91. The van der Waals surface area contributed by atoms with Gasteiger partial charge in [-0.2, -0.15) is 8.42 Å². The van der Waals surface area contributed by atoms with Gasteiger partial charge in [0.25, 0.3) is 10.1 Å². The summed E-state index contributed by atoms with van der Waals surface area (Å²) >= 11 is 0. The molecule has 2 saturated carbocycles. The van der Waals surface area contributed by atoms with Crippen molar-refractivity contribution in [2.45, 2.75) is 51.5 Å². The van der Waals surface area contributed by atoms with Gasteiger partial charge in [0.2, 0.25) is 0 Å². The number of benzene rings is 1. The highest BCUT2D eigenvalue weighted by atomic mass is 32.2. The van der Waals surface area contributed by atoms with Crippen molar-refractivity contribution in [2.75, 3.05) is 0 Å². The van der Waals surface area contributed by atoms with Gasteiger partial charge in [0.15, 0.2) is 0 Å². The van der Waals surface area contributed by atoms with Crippen molar-refractivity contribution in [1.82, 2.24) is 0 Å². The van der Waals surface area contributed by atoms with Gasteiger partial charge in [-0.15, -0.1) is 0 Å². The Labute approximate surface area is 127 Å². The lowest BCUT2D eigenvalue weighted by Crippen LogP contribution is -2.29. The van der Waals surface area contributed by atoms with E-state index in [4.69, 9.17) is 4.18 Å². The van der Waals surface area contributed by atoms with Crippen LogP contribution in [0, 0.1) is 30.1 Å². The largest absolute Gasteiger partial charge is 0.297 e. The van der Waals surface area contributed by atoms with Crippen LogP contribution in [0.4, 0.5) is 0 Å². The van der Waals surface area contributed by atoms with Crippen LogP contribution in [-0.2, 0) is 14.3 Å². The molecular weight excluding hydrogens is 284 g/mol. The SMILES string of the molecule is Cc1ccc(S(=O)(=O)O[C@@H]2C[C@@H]3[C@H](C[C@H]2C)C3(C)C)cc1. The summed E-state index contributed by atoms with van der Waals surface area (Å²) in [5.74, 6) is 1.66. The normalized spacial score (nSPS) is 34.3. The Morgan fingerprint density at radius 2 is 1.67 bits per heavy atom. The van der Waals surface area contributed by atoms with E-state index in [2.05, 4.69) is 20.8 Å². The Kier molecular flexibility index (Phi) is 3.45. The molecule has 2 fully saturated rings. The van der Waals surface area contributed by atoms with E-state index in [1.165, 1.54) is 0 Å². The smallest absolute Gasteiger partial charge is 0.263 e. The highest BCUT2D eigenvalue weighted by molar-refractivity contribution is 7.86. The summed E-state index contributed by atoms with van der Waals surface area (Å²) in [6.45, 7) is 8.62. The molecule has 0 heterocycles. The Hall–Kier alpha value is -0.870. The maximum absolute atomic E-state index is 12.4. The van der Waals surface area contributed by atoms with Crippen LogP contribution in [0.2, 0.25) is 0 Å². The van der Waals surface area contributed by atoms with Crippen molar-refractivity contribution in [2.24, 2.45) is 23.2 Å². The van der Waals surface area contributed by atoms with Crippen LogP contribution in [0.1, 0.15) is 39.2 Å². The molecule has 0 amide bonds. The van der Waals surface area contributed by atoms with Crippen molar-refractivity contribution < 1.29 is 12.6 Å². The van der Waals surface area contributed by atoms with E-state index in [9.17, 15) is 8.42 Å². The molecule has 4 atom stereocenters. The second-order valence-corrected chi connectivity index (χ2v) is 8.96. The molecule has 4 heteroatoms. The van der Waals surface area contributed by atoms with E-state index in [-0.39, 0.29) is 11.0 Å². The van der Waals surface area contributed by atoms with E-state index in [1.54, 1.807) is 24.3 Å². The Morgan fingerprint density at radius 1 is 1.10 bits per heavy atom. The first kappa shape index (κ1) is 15.0. The quantitative estimate of drug-likeness (QED) is 0.798. The summed E-state index contributed by atoms with van der Waals surface area (Å²) in [5, 5.41) is 0. The van der Waals surface area contributed by atoms with Gasteiger partial charge >= 0.3 is 0 Å². The zero-order valence-corrected chi connectivity index (χ0v) is 14.0. The molecule has 3 rings (SSSR count). The standard InChI is InChI=1S/C17H24O3S/c1-11-5-7-13(8-6-11)21(18,19)20-16-10-15-14(9-12(16)2)17(15,3)4/h5-8,12,14-16H,9-10H2,1-4H3/t12-,14+,15-,16-/m1/s1. The maximum Gasteiger partial charge on any atom is 0.297 e. The Morgan fingerprint density at radius 3 is 2.29 bits per heavy atom. The molecule has 0 spiro atoms. The average molecular weight is 308 g/mol. The predicted molar refractivity (Wildman–Crippen MR) is 82.4 cm³/mol. The zero-order chi connectivity index (χ0) is 15.4. The number of aryl methyl sites for hydroxylation is 1. The van der Waals surface area contributed by atoms with Crippen LogP contribution in [-0.4, -0.2) is 14.5 Å². The van der Waals surface area contributed by atoms with Crippen LogP contribution in [0.25, 0.3) is 0 Å². The highest BCUT2D eigenvalue weighted by Gasteiger charge is 2.61. The van der Waals surface area contributed by atoms with Crippen molar-refractivity contribution in [3.8, 4) is 0 Å². The molecule has 0 aliphatic heterocycles. The Bertz CT molecular complexity index is 631. The summed E-state index contributed by atoms with van der Waals surface area (Å²) in [6.07, 6.45) is 1.76. The fourth-order valence-electron chi connectivity index (χ4n) is 3.89.